The number of carbonyl (C=O) groups excluding carboxylic acids is 1. The third kappa shape index (κ3) is 2.39. The van der Waals surface area contributed by atoms with Gasteiger partial charge in [-0.1, -0.05) is 24.3 Å². The van der Waals surface area contributed by atoms with Gasteiger partial charge in [-0.15, -0.1) is 0 Å². The van der Waals surface area contributed by atoms with Gasteiger partial charge in [-0.3, -0.25) is 9.59 Å². The fourth-order valence-electron chi connectivity index (χ4n) is 3.69. The van der Waals surface area contributed by atoms with Gasteiger partial charge in [0.05, 0.1) is 5.52 Å². The highest BCUT2D eigenvalue weighted by atomic mass is 16.3. The number of nitrogens with one attached hydrogen (secondary N) is 1. The van der Waals surface area contributed by atoms with E-state index in [2.05, 4.69) is 5.32 Å². The Kier molecular flexibility index (Phi) is 3.80. The topological polar surface area (TPSA) is 71.3 Å². The Hall–Kier alpha value is -3.08. The molecule has 26 heavy (non-hydrogen) atoms. The highest BCUT2D eigenvalue weighted by Gasteiger charge is 2.25. The lowest BCUT2D eigenvalue weighted by Gasteiger charge is -2.21. The number of para-hydroxylation sites is 1. The molecule has 3 aromatic rings. The Balaban J connectivity index is 1.88. The van der Waals surface area contributed by atoms with Crippen LogP contribution in [0, 0.1) is 13.8 Å². The maximum absolute atomic E-state index is 12.9. The molecule has 132 valence electrons. The van der Waals surface area contributed by atoms with E-state index in [1.807, 2.05) is 38.1 Å². The summed E-state index contributed by atoms with van der Waals surface area (Å²) < 4.78 is 1.62. The quantitative estimate of drug-likeness (QED) is 0.744. The molecule has 0 atom stereocenters. The molecule has 0 saturated carbocycles. The first-order valence-corrected chi connectivity index (χ1v) is 8.74. The highest BCUT2D eigenvalue weighted by Crippen LogP contribution is 2.32. The first-order valence-electron chi connectivity index (χ1n) is 8.74. The predicted molar refractivity (Wildman–Crippen MR) is 102 cm³/mol. The Morgan fingerprint density at radius 2 is 1.92 bits per heavy atom. The second kappa shape index (κ2) is 6.02. The largest absolute Gasteiger partial charge is 0.506 e. The second-order valence-corrected chi connectivity index (χ2v) is 6.80. The number of aryl methyl sites for hydroxylation is 3. The van der Waals surface area contributed by atoms with E-state index in [1.165, 1.54) is 0 Å². The molecule has 5 nitrogen and oxygen atoms in total. The summed E-state index contributed by atoms with van der Waals surface area (Å²) in [5.74, 6) is -0.823. The first-order chi connectivity index (χ1) is 12.5. The zero-order valence-electron chi connectivity index (χ0n) is 14.8. The van der Waals surface area contributed by atoms with E-state index in [0.717, 1.165) is 35.0 Å². The maximum Gasteiger partial charge on any atom is 0.267 e. The number of aromatic hydroxyl groups is 1. The van der Waals surface area contributed by atoms with E-state index in [9.17, 15) is 14.7 Å². The molecule has 2 heterocycles. The fourth-order valence-corrected chi connectivity index (χ4v) is 3.69. The van der Waals surface area contributed by atoms with Crippen LogP contribution in [0.3, 0.4) is 0 Å². The normalized spacial score (nSPS) is 13.0. The van der Waals surface area contributed by atoms with Crippen LogP contribution in [0.1, 0.15) is 33.5 Å². The molecule has 0 radical (unpaired) electrons. The lowest BCUT2D eigenvalue weighted by atomic mass is 9.99. The molecular weight excluding hydrogens is 328 g/mol. The minimum absolute atomic E-state index is 0.197. The monoisotopic (exact) mass is 348 g/mol. The fraction of sp³-hybridized carbons (Fsp3) is 0.238. The third-order valence-electron chi connectivity index (χ3n) is 5.25. The van der Waals surface area contributed by atoms with Gasteiger partial charge >= 0.3 is 0 Å². The summed E-state index contributed by atoms with van der Waals surface area (Å²) >= 11 is 0. The van der Waals surface area contributed by atoms with Crippen LogP contribution in [-0.2, 0) is 13.0 Å². The molecule has 0 aliphatic carbocycles. The summed E-state index contributed by atoms with van der Waals surface area (Å²) in [6, 6.07) is 11.2. The Bertz CT molecular complexity index is 1110. The van der Waals surface area contributed by atoms with Gasteiger partial charge in [-0.25, -0.2) is 0 Å². The number of hydrogen-bond donors (Lipinski definition) is 2. The van der Waals surface area contributed by atoms with Crippen LogP contribution < -0.4 is 10.9 Å². The number of amides is 1. The standard InChI is InChI=1S/C21H20N2O3/c1-12-6-3-10-16(13(12)2)22-20(25)17-19(24)15-9-4-7-14-8-5-11-23(18(14)15)21(17)26/h3-4,6-7,9-10,24H,5,8,11H2,1-2H3,(H,22,25). The molecule has 0 spiro atoms. The molecule has 0 fully saturated rings. The van der Waals surface area contributed by atoms with Crippen molar-refractivity contribution < 1.29 is 9.90 Å². The van der Waals surface area contributed by atoms with Gasteiger partial charge in [0.1, 0.15) is 11.3 Å². The SMILES string of the molecule is Cc1cccc(NC(=O)c2c(O)c3cccc4c3n(c2=O)CCC4)c1C. The van der Waals surface area contributed by atoms with E-state index in [-0.39, 0.29) is 11.3 Å². The van der Waals surface area contributed by atoms with Gasteiger partial charge in [-0.05, 0) is 55.5 Å². The van der Waals surface area contributed by atoms with E-state index in [1.54, 1.807) is 16.7 Å². The number of nitrogens with zero attached hydrogens (tertiary/aromatic N) is 1. The van der Waals surface area contributed by atoms with Crippen molar-refractivity contribution in [3.05, 3.63) is 69.0 Å². The Morgan fingerprint density at radius 1 is 1.15 bits per heavy atom. The summed E-state index contributed by atoms with van der Waals surface area (Å²) in [7, 11) is 0. The summed E-state index contributed by atoms with van der Waals surface area (Å²) in [5, 5.41) is 14.0. The molecule has 2 N–H and O–H groups in total. The minimum Gasteiger partial charge on any atom is -0.506 e. The lowest BCUT2D eigenvalue weighted by molar-refractivity contribution is 0.102. The average Bonchev–Trinajstić information content (AvgIpc) is 2.63. The van der Waals surface area contributed by atoms with Crippen LogP contribution in [0.4, 0.5) is 5.69 Å². The van der Waals surface area contributed by atoms with Crippen LogP contribution in [0.2, 0.25) is 0 Å². The van der Waals surface area contributed by atoms with Gasteiger partial charge in [0.15, 0.2) is 0 Å². The molecule has 0 bridgehead atoms. The van der Waals surface area contributed by atoms with Crippen molar-refractivity contribution in [3.8, 4) is 5.75 Å². The van der Waals surface area contributed by atoms with Crippen molar-refractivity contribution in [2.45, 2.75) is 33.2 Å². The second-order valence-electron chi connectivity index (χ2n) is 6.80. The van der Waals surface area contributed by atoms with Crippen molar-refractivity contribution in [1.82, 2.24) is 4.57 Å². The van der Waals surface area contributed by atoms with E-state index in [0.29, 0.717) is 17.6 Å². The smallest absolute Gasteiger partial charge is 0.267 e. The molecule has 0 unspecified atom stereocenters. The van der Waals surface area contributed by atoms with Crippen molar-refractivity contribution in [2.24, 2.45) is 0 Å². The van der Waals surface area contributed by atoms with Crippen LogP contribution >= 0.6 is 0 Å². The molecule has 1 aromatic heterocycles. The van der Waals surface area contributed by atoms with Crippen LogP contribution in [0.15, 0.2) is 41.2 Å². The van der Waals surface area contributed by atoms with Gasteiger partial charge in [0, 0.05) is 17.6 Å². The molecule has 0 saturated heterocycles. The summed E-state index contributed by atoms with van der Waals surface area (Å²) in [5.41, 5.74) is 3.75. The number of aromatic nitrogens is 1. The molecule has 2 aromatic carbocycles. The van der Waals surface area contributed by atoms with Crippen molar-refractivity contribution in [1.29, 1.82) is 0 Å². The van der Waals surface area contributed by atoms with E-state index < -0.39 is 11.5 Å². The zero-order valence-corrected chi connectivity index (χ0v) is 14.8. The molecular formula is C21H20N2O3. The van der Waals surface area contributed by atoms with Gasteiger partial charge in [-0.2, -0.15) is 0 Å². The van der Waals surface area contributed by atoms with Gasteiger partial charge in [0.25, 0.3) is 11.5 Å². The lowest BCUT2D eigenvalue weighted by Crippen LogP contribution is -2.31. The van der Waals surface area contributed by atoms with Crippen LogP contribution in [0.25, 0.3) is 10.9 Å². The predicted octanol–water partition coefficient (Wildman–Crippen LogP) is 3.52. The van der Waals surface area contributed by atoms with Crippen LogP contribution in [0.5, 0.6) is 5.75 Å². The third-order valence-corrected chi connectivity index (χ3v) is 5.25. The molecule has 1 aliphatic rings. The highest BCUT2D eigenvalue weighted by molar-refractivity contribution is 6.09. The summed E-state index contributed by atoms with van der Waals surface area (Å²) in [4.78, 5) is 25.8. The minimum atomic E-state index is -0.581. The first kappa shape index (κ1) is 16.4. The molecule has 1 aliphatic heterocycles. The number of anilines is 1. The van der Waals surface area contributed by atoms with Crippen molar-refractivity contribution in [2.75, 3.05) is 5.32 Å². The number of rotatable bonds is 2. The zero-order chi connectivity index (χ0) is 18.4. The number of hydrogen-bond acceptors (Lipinski definition) is 3. The number of carbonyl (C=O) groups is 1. The van der Waals surface area contributed by atoms with Crippen molar-refractivity contribution in [3.63, 3.8) is 0 Å². The van der Waals surface area contributed by atoms with Crippen LogP contribution in [-0.4, -0.2) is 15.6 Å². The number of benzene rings is 2. The average molecular weight is 348 g/mol. The Labute approximate surface area is 150 Å². The van der Waals surface area contributed by atoms with Crippen molar-refractivity contribution >= 4 is 22.5 Å². The molecule has 5 heteroatoms. The summed E-state index contributed by atoms with van der Waals surface area (Å²) in [6.07, 6.45) is 1.71. The van der Waals surface area contributed by atoms with E-state index in [4.69, 9.17) is 0 Å². The van der Waals surface area contributed by atoms with E-state index >= 15 is 0 Å². The Morgan fingerprint density at radius 3 is 2.73 bits per heavy atom. The number of pyridine rings is 1. The van der Waals surface area contributed by atoms with Gasteiger partial charge < -0.3 is 15.0 Å². The molecule has 4 rings (SSSR count). The summed E-state index contributed by atoms with van der Waals surface area (Å²) in [6.45, 7) is 4.42. The molecule has 1 amide bonds. The van der Waals surface area contributed by atoms with Gasteiger partial charge in [0.2, 0.25) is 0 Å². The maximum atomic E-state index is 12.9.